The zero-order valence-corrected chi connectivity index (χ0v) is 14.4. The predicted molar refractivity (Wildman–Crippen MR) is 84.4 cm³/mol. The van der Waals surface area contributed by atoms with E-state index < -0.39 is 5.54 Å². The Labute approximate surface area is 129 Å². The zero-order valence-electron chi connectivity index (χ0n) is 14.4. The van der Waals surface area contributed by atoms with E-state index in [1.165, 1.54) is 7.11 Å². The lowest BCUT2D eigenvalue weighted by Crippen LogP contribution is -2.56. The molecule has 5 heteroatoms. The second kappa shape index (κ2) is 8.11. The summed E-state index contributed by atoms with van der Waals surface area (Å²) in [5, 5.41) is 3.36. The lowest BCUT2D eigenvalue weighted by atomic mass is 9.92. The number of ether oxygens (including phenoxy) is 2. The van der Waals surface area contributed by atoms with Crippen LogP contribution in [0.5, 0.6) is 0 Å². The molecule has 0 amide bonds. The van der Waals surface area contributed by atoms with Crippen molar-refractivity contribution in [3.63, 3.8) is 0 Å². The van der Waals surface area contributed by atoms with Crippen molar-refractivity contribution in [2.45, 2.75) is 71.2 Å². The van der Waals surface area contributed by atoms with Gasteiger partial charge in [0.2, 0.25) is 0 Å². The average Bonchev–Trinajstić information content (AvgIpc) is 2.43. The first kappa shape index (κ1) is 18.4. The maximum Gasteiger partial charge on any atom is 0.325 e. The van der Waals surface area contributed by atoms with Crippen molar-refractivity contribution in [2.24, 2.45) is 0 Å². The van der Waals surface area contributed by atoms with Crippen LogP contribution in [0.1, 0.15) is 47.5 Å². The van der Waals surface area contributed by atoms with Crippen LogP contribution in [0.4, 0.5) is 0 Å². The van der Waals surface area contributed by atoms with E-state index >= 15 is 0 Å². The van der Waals surface area contributed by atoms with E-state index in [0.717, 1.165) is 32.5 Å². The maximum atomic E-state index is 12.2. The van der Waals surface area contributed by atoms with Gasteiger partial charge in [-0.2, -0.15) is 0 Å². The molecule has 2 unspecified atom stereocenters. The van der Waals surface area contributed by atoms with Gasteiger partial charge in [-0.25, -0.2) is 0 Å². The molecule has 1 rings (SSSR count). The Bertz CT molecular complexity index is 327. The lowest BCUT2D eigenvalue weighted by Gasteiger charge is -2.41. The maximum absolute atomic E-state index is 12.2. The zero-order chi connectivity index (χ0) is 16.0. The summed E-state index contributed by atoms with van der Waals surface area (Å²) in [6, 6.07) is 0.298. The molecular weight excluding hydrogens is 268 g/mol. The third-order valence-electron chi connectivity index (χ3n) is 4.18. The highest BCUT2D eigenvalue weighted by Gasteiger charge is 2.37. The fourth-order valence-corrected chi connectivity index (χ4v) is 3.15. The lowest BCUT2D eigenvalue weighted by molar-refractivity contribution is -0.149. The normalized spacial score (nSPS) is 27.9. The van der Waals surface area contributed by atoms with Gasteiger partial charge in [0.15, 0.2) is 0 Å². The van der Waals surface area contributed by atoms with Gasteiger partial charge in [0.1, 0.15) is 5.54 Å². The van der Waals surface area contributed by atoms with Crippen molar-refractivity contribution in [3.05, 3.63) is 0 Å². The van der Waals surface area contributed by atoms with Crippen LogP contribution in [-0.4, -0.2) is 61.4 Å². The molecule has 1 saturated heterocycles. The Balaban J connectivity index is 2.70. The summed E-state index contributed by atoms with van der Waals surface area (Å²) in [7, 11) is 1.46. The number of methoxy groups -OCH3 is 1. The fraction of sp³-hybridized carbons (Fsp3) is 0.938. The number of carbonyl (C=O) groups is 1. The molecule has 1 aliphatic heterocycles. The van der Waals surface area contributed by atoms with Crippen molar-refractivity contribution < 1.29 is 14.3 Å². The van der Waals surface area contributed by atoms with Gasteiger partial charge in [-0.1, -0.05) is 6.92 Å². The first-order valence-corrected chi connectivity index (χ1v) is 8.05. The standard InChI is InChI=1S/C16H32N2O3/c1-7-8-17-16(5,15(19)20-6)9-12(2)18-10-13(3)21-14(4)11-18/h12-14,17H,7-11H2,1-6H3/t12?,13-,14+,16?. The van der Waals surface area contributed by atoms with Gasteiger partial charge >= 0.3 is 5.97 Å². The quantitative estimate of drug-likeness (QED) is 0.727. The molecule has 0 aromatic carbocycles. The molecule has 1 fully saturated rings. The molecule has 0 aromatic heterocycles. The van der Waals surface area contributed by atoms with Gasteiger partial charge in [0.05, 0.1) is 19.3 Å². The van der Waals surface area contributed by atoms with Gasteiger partial charge in [-0.3, -0.25) is 9.69 Å². The molecule has 5 nitrogen and oxygen atoms in total. The summed E-state index contributed by atoms with van der Waals surface area (Å²) < 4.78 is 10.8. The molecule has 4 atom stereocenters. The molecule has 0 aliphatic carbocycles. The van der Waals surface area contributed by atoms with Crippen LogP contribution in [0.15, 0.2) is 0 Å². The molecule has 0 saturated carbocycles. The molecule has 0 radical (unpaired) electrons. The molecule has 124 valence electrons. The highest BCUT2D eigenvalue weighted by atomic mass is 16.5. The monoisotopic (exact) mass is 300 g/mol. The van der Waals surface area contributed by atoms with Gasteiger partial charge in [0, 0.05) is 19.1 Å². The predicted octanol–water partition coefficient (Wildman–Crippen LogP) is 1.81. The summed E-state index contributed by atoms with van der Waals surface area (Å²) in [5.74, 6) is -0.183. The molecular formula is C16H32N2O3. The number of hydrogen-bond acceptors (Lipinski definition) is 5. The number of rotatable bonds is 7. The van der Waals surface area contributed by atoms with Gasteiger partial charge < -0.3 is 14.8 Å². The van der Waals surface area contributed by atoms with Crippen molar-refractivity contribution in [2.75, 3.05) is 26.7 Å². The Morgan fingerprint density at radius 1 is 1.43 bits per heavy atom. The van der Waals surface area contributed by atoms with E-state index in [2.05, 4.69) is 37.9 Å². The minimum atomic E-state index is -0.630. The Hall–Kier alpha value is -0.650. The van der Waals surface area contributed by atoms with Crippen molar-refractivity contribution in [1.29, 1.82) is 0 Å². The third-order valence-corrected chi connectivity index (χ3v) is 4.18. The summed E-state index contributed by atoms with van der Waals surface area (Å²) >= 11 is 0. The number of hydrogen-bond donors (Lipinski definition) is 1. The summed E-state index contributed by atoms with van der Waals surface area (Å²) in [6.45, 7) is 13.1. The minimum absolute atomic E-state index is 0.183. The Morgan fingerprint density at radius 3 is 2.48 bits per heavy atom. The molecule has 1 N–H and O–H groups in total. The van der Waals surface area contributed by atoms with Crippen LogP contribution in [0.2, 0.25) is 0 Å². The Kier molecular flexibility index (Phi) is 7.10. The highest BCUT2D eigenvalue weighted by Crippen LogP contribution is 2.21. The molecule has 1 aliphatic rings. The van der Waals surface area contributed by atoms with E-state index in [0.29, 0.717) is 6.04 Å². The Morgan fingerprint density at radius 2 is 2.00 bits per heavy atom. The van der Waals surface area contributed by atoms with Gasteiger partial charge in [-0.05, 0) is 47.1 Å². The minimum Gasteiger partial charge on any atom is -0.468 e. The van der Waals surface area contributed by atoms with Crippen molar-refractivity contribution >= 4 is 5.97 Å². The summed E-state index contributed by atoms with van der Waals surface area (Å²) in [4.78, 5) is 14.6. The number of morpholine rings is 1. The van der Waals surface area contributed by atoms with Crippen LogP contribution in [0, 0.1) is 0 Å². The number of nitrogens with one attached hydrogen (secondary N) is 1. The van der Waals surface area contributed by atoms with E-state index in [9.17, 15) is 4.79 Å². The molecule has 0 spiro atoms. The van der Waals surface area contributed by atoms with Crippen LogP contribution >= 0.6 is 0 Å². The van der Waals surface area contributed by atoms with Crippen molar-refractivity contribution in [3.8, 4) is 0 Å². The SMILES string of the molecule is CCCNC(C)(CC(C)N1C[C@@H](C)O[C@@H](C)C1)C(=O)OC. The van der Waals surface area contributed by atoms with Crippen LogP contribution < -0.4 is 5.32 Å². The largest absolute Gasteiger partial charge is 0.468 e. The molecule has 0 bridgehead atoms. The topological polar surface area (TPSA) is 50.8 Å². The number of esters is 1. The summed E-state index contributed by atoms with van der Waals surface area (Å²) in [5.41, 5.74) is -0.630. The van der Waals surface area contributed by atoms with Crippen LogP contribution in [0.3, 0.4) is 0 Å². The van der Waals surface area contributed by atoms with E-state index in [1.807, 2.05) is 6.92 Å². The van der Waals surface area contributed by atoms with Gasteiger partial charge in [0.25, 0.3) is 0 Å². The van der Waals surface area contributed by atoms with E-state index in [1.54, 1.807) is 0 Å². The van der Waals surface area contributed by atoms with E-state index in [-0.39, 0.29) is 18.2 Å². The second-order valence-corrected chi connectivity index (χ2v) is 6.51. The second-order valence-electron chi connectivity index (χ2n) is 6.51. The molecule has 0 aromatic rings. The first-order valence-electron chi connectivity index (χ1n) is 8.05. The fourth-order valence-electron chi connectivity index (χ4n) is 3.15. The summed E-state index contributed by atoms with van der Waals surface area (Å²) in [6.07, 6.45) is 2.21. The van der Waals surface area contributed by atoms with Crippen LogP contribution in [0.25, 0.3) is 0 Å². The number of nitrogens with zero attached hydrogens (tertiary/aromatic N) is 1. The molecule has 1 heterocycles. The van der Waals surface area contributed by atoms with Crippen LogP contribution in [-0.2, 0) is 14.3 Å². The van der Waals surface area contributed by atoms with Crippen molar-refractivity contribution in [1.82, 2.24) is 10.2 Å². The number of carbonyl (C=O) groups excluding carboxylic acids is 1. The smallest absolute Gasteiger partial charge is 0.325 e. The van der Waals surface area contributed by atoms with Gasteiger partial charge in [-0.15, -0.1) is 0 Å². The first-order chi connectivity index (χ1) is 9.82. The van der Waals surface area contributed by atoms with E-state index in [4.69, 9.17) is 9.47 Å². The average molecular weight is 300 g/mol. The molecule has 21 heavy (non-hydrogen) atoms. The third kappa shape index (κ3) is 5.24. The highest BCUT2D eigenvalue weighted by molar-refractivity contribution is 5.80.